The molecule has 1 aliphatic rings. The maximum absolute atomic E-state index is 11.8. The van der Waals surface area contributed by atoms with Gasteiger partial charge >= 0.3 is 0 Å². The van der Waals surface area contributed by atoms with Crippen molar-refractivity contribution in [1.29, 1.82) is 0 Å². The van der Waals surface area contributed by atoms with Crippen LogP contribution in [0.1, 0.15) is 39.0 Å². The molecule has 0 radical (unpaired) electrons. The van der Waals surface area contributed by atoms with E-state index in [1.165, 1.54) is 18.5 Å². The van der Waals surface area contributed by atoms with Crippen LogP contribution >= 0.6 is 0 Å². The first kappa shape index (κ1) is 15.8. The van der Waals surface area contributed by atoms with Gasteiger partial charge in [-0.3, -0.25) is 4.79 Å². The molecule has 1 aliphatic heterocycles. The summed E-state index contributed by atoms with van der Waals surface area (Å²) in [6.07, 6.45) is 5.17. The molecule has 1 heterocycles. The minimum Gasteiger partial charge on any atom is -0.369 e. The van der Waals surface area contributed by atoms with E-state index >= 15 is 0 Å². The minimum absolute atomic E-state index is 0.126. The lowest BCUT2D eigenvalue weighted by atomic mass is 10.1. The number of anilines is 2. The van der Waals surface area contributed by atoms with Crippen molar-refractivity contribution in [2.24, 2.45) is 0 Å². The quantitative estimate of drug-likeness (QED) is 0.758. The van der Waals surface area contributed by atoms with E-state index in [9.17, 15) is 4.79 Å². The molecule has 1 aromatic rings. The van der Waals surface area contributed by atoms with Gasteiger partial charge in [0.2, 0.25) is 5.91 Å². The van der Waals surface area contributed by atoms with Crippen LogP contribution in [-0.4, -0.2) is 32.1 Å². The number of carbonyl (C=O) groups excluding carboxylic acids is 1. The van der Waals surface area contributed by atoms with Gasteiger partial charge in [-0.15, -0.1) is 0 Å². The Morgan fingerprint density at radius 3 is 2.52 bits per heavy atom. The van der Waals surface area contributed by atoms with E-state index < -0.39 is 0 Å². The first-order valence-electron chi connectivity index (χ1n) is 8.15. The minimum atomic E-state index is 0.126. The van der Waals surface area contributed by atoms with E-state index in [0.717, 1.165) is 44.7 Å². The summed E-state index contributed by atoms with van der Waals surface area (Å²) in [5.41, 5.74) is 2.13. The molecular weight excluding hydrogens is 262 g/mol. The molecule has 1 fully saturated rings. The molecule has 1 saturated heterocycles. The molecule has 0 aromatic heterocycles. The first-order chi connectivity index (χ1) is 10.3. The van der Waals surface area contributed by atoms with Crippen LogP contribution in [0.4, 0.5) is 11.4 Å². The Kier molecular flexibility index (Phi) is 6.54. The van der Waals surface area contributed by atoms with Crippen LogP contribution in [-0.2, 0) is 4.79 Å². The molecule has 1 aromatic carbocycles. The van der Waals surface area contributed by atoms with Gasteiger partial charge in [0.25, 0.3) is 0 Å². The van der Waals surface area contributed by atoms with Crippen molar-refractivity contribution < 1.29 is 4.79 Å². The Balaban J connectivity index is 1.77. The SMILES string of the molecule is CCCCCCC(=O)Nc1ccc(N2CCNCC2)cc1. The smallest absolute Gasteiger partial charge is 0.224 e. The number of rotatable bonds is 7. The van der Waals surface area contributed by atoms with Gasteiger partial charge in [0.15, 0.2) is 0 Å². The van der Waals surface area contributed by atoms with Gasteiger partial charge in [-0.05, 0) is 30.7 Å². The van der Waals surface area contributed by atoms with E-state index in [1.54, 1.807) is 0 Å². The van der Waals surface area contributed by atoms with Crippen molar-refractivity contribution in [3.63, 3.8) is 0 Å². The number of carbonyl (C=O) groups is 1. The Morgan fingerprint density at radius 1 is 1.14 bits per heavy atom. The molecule has 0 spiro atoms. The molecule has 2 rings (SSSR count). The molecule has 4 heteroatoms. The lowest BCUT2D eigenvalue weighted by Gasteiger charge is -2.29. The average molecular weight is 289 g/mol. The van der Waals surface area contributed by atoms with Crippen molar-refractivity contribution in [3.8, 4) is 0 Å². The third kappa shape index (κ3) is 5.38. The van der Waals surface area contributed by atoms with Gasteiger partial charge in [-0.1, -0.05) is 26.2 Å². The van der Waals surface area contributed by atoms with Gasteiger partial charge in [-0.25, -0.2) is 0 Å². The maximum Gasteiger partial charge on any atom is 0.224 e. The van der Waals surface area contributed by atoms with Crippen LogP contribution in [0, 0.1) is 0 Å². The summed E-state index contributed by atoms with van der Waals surface area (Å²) in [5, 5.41) is 6.33. The monoisotopic (exact) mass is 289 g/mol. The second-order valence-electron chi connectivity index (χ2n) is 5.64. The molecule has 0 atom stereocenters. The van der Waals surface area contributed by atoms with Gasteiger partial charge in [0.05, 0.1) is 0 Å². The van der Waals surface area contributed by atoms with Crippen LogP contribution in [0.5, 0.6) is 0 Å². The molecule has 1 amide bonds. The summed E-state index contributed by atoms with van der Waals surface area (Å²) in [6, 6.07) is 8.19. The van der Waals surface area contributed by atoms with Crippen LogP contribution in [0.15, 0.2) is 24.3 Å². The zero-order chi connectivity index (χ0) is 14.9. The van der Waals surface area contributed by atoms with Crippen LogP contribution < -0.4 is 15.5 Å². The number of benzene rings is 1. The number of amides is 1. The third-order valence-corrected chi connectivity index (χ3v) is 3.89. The third-order valence-electron chi connectivity index (χ3n) is 3.89. The second-order valence-corrected chi connectivity index (χ2v) is 5.64. The van der Waals surface area contributed by atoms with E-state index in [1.807, 2.05) is 12.1 Å². The van der Waals surface area contributed by atoms with E-state index in [0.29, 0.717) is 6.42 Å². The Hall–Kier alpha value is -1.55. The highest BCUT2D eigenvalue weighted by molar-refractivity contribution is 5.90. The number of hydrogen-bond donors (Lipinski definition) is 2. The molecule has 0 bridgehead atoms. The summed E-state index contributed by atoms with van der Waals surface area (Å²) in [5.74, 6) is 0.126. The largest absolute Gasteiger partial charge is 0.369 e. The summed E-state index contributed by atoms with van der Waals surface area (Å²) in [7, 11) is 0. The van der Waals surface area contributed by atoms with Gasteiger partial charge in [0.1, 0.15) is 0 Å². The number of nitrogens with zero attached hydrogens (tertiary/aromatic N) is 1. The van der Waals surface area contributed by atoms with Crippen LogP contribution in [0.3, 0.4) is 0 Å². The molecule has 2 N–H and O–H groups in total. The molecule has 0 unspecified atom stereocenters. The van der Waals surface area contributed by atoms with Crippen molar-refractivity contribution in [2.45, 2.75) is 39.0 Å². The Morgan fingerprint density at radius 2 is 1.86 bits per heavy atom. The zero-order valence-corrected chi connectivity index (χ0v) is 13.0. The molecular formula is C17H27N3O. The fourth-order valence-corrected chi connectivity index (χ4v) is 2.61. The van der Waals surface area contributed by atoms with Crippen molar-refractivity contribution in [2.75, 3.05) is 36.4 Å². The average Bonchev–Trinajstić information content (AvgIpc) is 2.53. The van der Waals surface area contributed by atoms with Crippen LogP contribution in [0.2, 0.25) is 0 Å². The predicted molar refractivity (Wildman–Crippen MR) is 88.9 cm³/mol. The molecule has 116 valence electrons. The van der Waals surface area contributed by atoms with E-state index in [-0.39, 0.29) is 5.91 Å². The lowest BCUT2D eigenvalue weighted by molar-refractivity contribution is -0.116. The molecule has 0 aliphatic carbocycles. The topological polar surface area (TPSA) is 44.4 Å². The summed E-state index contributed by atoms with van der Waals surface area (Å²) >= 11 is 0. The lowest BCUT2D eigenvalue weighted by Crippen LogP contribution is -2.43. The fraction of sp³-hybridized carbons (Fsp3) is 0.588. The zero-order valence-electron chi connectivity index (χ0n) is 13.0. The Bertz CT molecular complexity index is 424. The normalized spacial score (nSPS) is 15.0. The summed E-state index contributed by atoms with van der Waals surface area (Å²) < 4.78 is 0. The summed E-state index contributed by atoms with van der Waals surface area (Å²) in [6.45, 7) is 6.35. The highest BCUT2D eigenvalue weighted by Crippen LogP contribution is 2.18. The highest BCUT2D eigenvalue weighted by atomic mass is 16.1. The van der Waals surface area contributed by atoms with Crippen molar-refractivity contribution >= 4 is 17.3 Å². The number of unbranched alkanes of at least 4 members (excludes halogenated alkanes) is 3. The van der Waals surface area contributed by atoms with Gasteiger partial charge < -0.3 is 15.5 Å². The van der Waals surface area contributed by atoms with Gasteiger partial charge in [-0.2, -0.15) is 0 Å². The van der Waals surface area contributed by atoms with E-state index in [4.69, 9.17) is 0 Å². The standard InChI is InChI=1S/C17H27N3O/c1-2-3-4-5-6-17(21)19-15-7-9-16(10-8-15)20-13-11-18-12-14-20/h7-10,18H,2-6,11-14H2,1H3,(H,19,21). The van der Waals surface area contributed by atoms with E-state index in [2.05, 4.69) is 34.6 Å². The highest BCUT2D eigenvalue weighted by Gasteiger charge is 2.10. The van der Waals surface area contributed by atoms with Crippen molar-refractivity contribution in [3.05, 3.63) is 24.3 Å². The molecule has 4 nitrogen and oxygen atoms in total. The fourth-order valence-electron chi connectivity index (χ4n) is 2.61. The number of nitrogens with one attached hydrogen (secondary N) is 2. The molecule has 0 saturated carbocycles. The molecule has 21 heavy (non-hydrogen) atoms. The van der Waals surface area contributed by atoms with Crippen LogP contribution in [0.25, 0.3) is 0 Å². The van der Waals surface area contributed by atoms with Crippen molar-refractivity contribution in [1.82, 2.24) is 5.32 Å². The first-order valence-corrected chi connectivity index (χ1v) is 8.15. The maximum atomic E-state index is 11.8. The second kappa shape index (κ2) is 8.67. The number of piperazine rings is 1. The summed E-state index contributed by atoms with van der Waals surface area (Å²) in [4.78, 5) is 14.2. The predicted octanol–water partition coefficient (Wildman–Crippen LogP) is 3.01. The van der Waals surface area contributed by atoms with Gasteiger partial charge in [0, 0.05) is 44.0 Å². The Labute approximate surface area is 127 Å². The number of hydrogen-bond acceptors (Lipinski definition) is 3.